The number of hydrogen-bond acceptors (Lipinski definition) is 3. The first kappa shape index (κ1) is 15.1. The van der Waals surface area contributed by atoms with Crippen molar-refractivity contribution < 1.29 is 14.7 Å². The van der Waals surface area contributed by atoms with Crippen molar-refractivity contribution in [2.75, 3.05) is 11.6 Å². The van der Waals surface area contributed by atoms with Crippen LogP contribution in [0.15, 0.2) is 53.4 Å². The van der Waals surface area contributed by atoms with Crippen LogP contribution >= 0.6 is 11.8 Å². The number of aromatic carboxylic acids is 1. The Hall–Kier alpha value is -2.27. The quantitative estimate of drug-likeness (QED) is 0.832. The van der Waals surface area contributed by atoms with Crippen LogP contribution in [-0.2, 0) is 11.2 Å². The van der Waals surface area contributed by atoms with Gasteiger partial charge in [-0.1, -0.05) is 24.3 Å². The van der Waals surface area contributed by atoms with Gasteiger partial charge in [0.2, 0.25) is 5.91 Å². The summed E-state index contributed by atoms with van der Waals surface area (Å²) < 4.78 is 0. The molecule has 21 heavy (non-hydrogen) atoms. The molecular weight excluding hydrogens is 286 g/mol. The highest BCUT2D eigenvalue weighted by Crippen LogP contribution is 2.19. The van der Waals surface area contributed by atoms with Gasteiger partial charge in [-0.2, -0.15) is 0 Å². The molecule has 2 rings (SSSR count). The fourth-order valence-electron chi connectivity index (χ4n) is 1.96. The second-order valence-electron chi connectivity index (χ2n) is 4.42. The number of carboxylic acid groups (broad SMARTS) is 1. The van der Waals surface area contributed by atoms with Crippen LogP contribution in [0, 0.1) is 0 Å². The zero-order valence-corrected chi connectivity index (χ0v) is 12.3. The highest BCUT2D eigenvalue weighted by Gasteiger charge is 2.12. The van der Waals surface area contributed by atoms with Crippen LogP contribution in [0.25, 0.3) is 0 Å². The van der Waals surface area contributed by atoms with Crippen molar-refractivity contribution in [1.29, 1.82) is 0 Å². The van der Waals surface area contributed by atoms with Crippen LogP contribution in [-0.4, -0.2) is 23.2 Å². The van der Waals surface area contributed by atoms with Gasteiger partial charge in [-0.15, -0.1) is 11.8 Å². The van der Waals surface area contributed by atoms with Gasteiger partial charge in [0.15, 0.2) is 0 Å². The van der Waals surface area contributed by atoms with E-state index in [0.29, 0.717) is 11.3 Å². The smallest absolute Gasteiger partial charge is 0.335 e. The molecule has 0 fully saturated rings. The van der Waals surface area contributed by atoms with Gasteiger partial charge in [0.25, 0.3) is 0 Å². The van der Waals surface area contributed by atoms with E-state index in [9.17, 15) is 9.59 Å². The predicted octanol–water partition coefficient (Wildman–Crippen LogP) is 3.29. The molecular formula is C16H15NO3S. The molecule has 0 atom stereocenters. The number of carboxylic acids is 1. The van der Waals surface area contributed by atoms with E-state index in [4.69, 9.17) is 5.11 Å². The van der Waals surface area contributed by atoms with Crippen molar-refractivity contribution in [3.8, 4) is 0 Å². The molecule has 2 N–H and O–H groups in total. The summed E-state index contributed by atoms with van der Waals surface area (Å²) >= 11 is 1.59. The van der Waals surface area contributed by atoms with Crippen molar-refractivity contribution >= 4 is 29.3 Å². The maximum Gasteiger partial charge on any atom is 0.335 e. The fourth-order valence-corrected chi connectivity index (χ4v) is 2.42. The molecule has 0 heterocycles. The van der Waals surface area contributed by atoms with Crippen LogP contribution in [0.5, 0.6) is 0 Å². The molecule has 0 aliphatic heterocycles. The zero-order valence-electron chi connectivity index (χ0n) is 11.5. The summed E-state index contributed by atoms with van der Waals surface area (Å²) in [4.78, 5) is 24.2. The minimum Gasteiger partial charge on any atom is -0.478 e. The van der Waals surface area contributed by atoms with Gasteiger partial charge in [-0.25, -0.2) is 4.79 Å². The Morgan fingerprint density at radius 3 is 2.62 bits per heavy atom. The third kappa shape index (κ3) is 4.10. The molecule has 0 saturated carbocycles. The fraction of sp³-hybridized carbons (Fsp3) is 0.125. The molecule has 1 amide bonds. The van der Waals surface area contributed by atoms with Crippen LogP contribution in [0.2, 0.25) is 0 Å². The van der Waals surface area contributed by atoms with Crippen LogP contribution in [0.4, 0.5) is 5.69 Å². The van der Waals surface area contributed by atoms with Crippen LogP contribution < -0.4 is 5.32 Å². The summed E-state index contributed by atoms with van der Waals surface area (Å²) in [7, 11) is 0. The second kappa shape index (κ2) is 6.95. The first-order valence-electron chi connectivity index (χ1n) is 6.35. The first-order chi connectivity index (χ1) is 10.1. The van der Waals surface area contributed by atoms with E-state index < -0.39 is 5.97 Å². The Morgan fingerprint density at radius 2 is 1.90 bits per heavy atom. The molecule has 0 aromatic heterocycles. The van der Waals surface area contributed by atoms with E-state index in [2.05, 4.69) is 5.32 Å². The number of carbonyl (C=O) groups excluding carboxylic acids is 1. The molecule has 0 radical (unpaired) electrons. The van der Waals surface area contributed by atoms with E-state index in [0.717, 1.165) is 4.90 Å². The zero-order chi connectivity index (χ0) is 15.2. The highest BCUT2D eigenvalue weighted by molar-refractivity contribution is 7.98. The van der Waals surface area contributed by atoms with E-state index >= 15 is 0 Å². The lowest BCUT2D eigenvalue weighted by molar-refractivity contribution is -0.115. The van der Waals surface area contributed by atoms with E-state index in [1.165, 1.54) is 6.07 Å². The molecule has 2 aromatic carbocycles. The lowest BCUT2D eigenvalue weighted by Crippen LogP contribution is -2.16. The van der Waals surface area contributed by atoms with E-state index in [1.807, 2.05) is 24.5 Å². The Balaban J connectivity index is 2.10. The summed E-state index contributed by atoms with van der Waals surface area (Å²) in [5.74, 6) is -1.26. The number of benzene rings is 2. The molecule has 0 saturated heterocycles. The average Bonchev–Trinajstić information content (AvgIpc) is 2.47. The highest BCUT2D eigenvalue weighted by atomic mass is 32.2. The van der Waals surface area contributed by atoms with Gasteiger partial charge in [0, 0.05) is 10.6 Å². The Morgan fingerprint density at radius 1 is 1.14 bits per heavy atom. The molecule has 4 nitrogen and oxygen atoms in total. The van der Waals surface area contributed by atoms with E-state index in [1.54, 1.807) is 36.0 Å². The molecule has 0 spiro atoms. The third-order valence-corrected chi connectivity index (χ3v) is 3.68. The Labute approximate surface area is 127 Å². The number of thioether (sulfide) groups is 1. The van der Waals surface area contributed by atoms with Crippen molar-refractivity contribution in [3.63, 3.8) is 0 Å². The average molecular weight is 301 g/mol. The summed E-state index contributed by atoms with van der Waals surface area (Å²) in [6, 6.07) is 14.0. The number of anilines is 1. The minimum atomic E-state index is -1.03. The lowest BCUT2D eigenvalue weighted by Gasteiger charge is -2.08. The van der Waals surface area contributed by atoms with Crippen molar-refractivity contribution in [1.82, 2.24) is 0 Å². The maximum atomic E-state index is 12.0. The summed E-state index contributed by atoms with van der Waals surface area (Å²) in [6.07, 6.45) is 2.00. The van der Waals surface area contributed by atoms with E-state index in [-0.39, 0.29) is 17.9 Å². The predicted molar refractivity (Wildman–Crippen MR) is 84.0 cm³/mol. The maximum absolute atomic E-state index is 12.0. The molecule has 0 aliphatic carbocycles. The van der Waals surface area contributed by atoms with Crippen molar-refractivity contribution in [3.05, 3.63) is 59.7 Å². The molecule has 0 bridgehead atoms. The van der Waals surface area contributed by atoms with Crippen molar-refractivity contribution in [2.45, 2.75) is 11.3 Å². The topological polar surface area (TPSA) is 66.4 Å². The van der Waals surface area contributed by atoms with Gasteiger partial charge >= 0.3 is 5.97 Å². The van der Waals surface area contributed by atoms with Gasteiger partial charge in [-0.05, 0) is 36.1 Å². The van der Waals surface area contributed by atoms with Gasteiger partial charge < -0.3 is 10.4 Å². The summed E-state index contributed by atoms with van der Waals surface area (Å²) in [6.45, 7) is 0. The molecule has 5 heteroatoms. The Kier molecular flexibility index (Phi) is 5.00. The largest absolute Gasteiger partial charge is 0.478 e. The van der Waals surface area contributed by atoms with Crippen molar-refractivity contribution in [2.24, 2.45) is 0 Å². The van der Waals surface area contributed by atoms with Gasteiger partial charge in [0.05, 0.1) is 12.0 Å². The molecule has 0 unspecified atom stereocenters. The summed E-state index contributed by atoms with van der Waals surface area (Å²) in [5.41, 5.74) is 1.37. The standard InChI is InChI=1S/C16H15NO3S/c1-21-13-7-4-6-12(10-13)17-15(18)9-11-5-2-3-8-14(11)16(19)20/h2-8,10H,9H2,1H3,(H,17,18)(H,19,20). The van der Waals surface area contributed by atoms with Gasteiger partial charge in [0.1, 0.15) is 0 Å². The Bertz CT molecular complexity index is 670. The third-order valence-electron chi connectivity index (χ3n) is 2.95. The van der Waals surface area contributed by atoms with Crippen LogP contribution in [0.1, 0.15) is 15.9 Å². The van der Waals surface area contributed by atoms with Crippen LogP contribution in [0.3, 0.4) is 0 Å². The number of rotatable bonds is 5. The van der Waals surface area contributed by atoms with Gasteiger partial charge in [-0.3, -0.25) is 4.79 Å². The number of amides is 1. The number of nitrogens with one attached hydrogen (secondary N) is 1. The number of hydrogen-bond donors (Lipinski definition) is 2. The lowest BCUT2D eigenvalue weighted by atomic mass is 10.0. The normalized spacial score (nSPS) is 10.1. The second-order valence-corrected chi connectivity index (χ2v) is 5.30. The summed E-state index contributed by atoms with van der Waals surface area (Å²) in [5, 5.41) is 11.9. The monoisotopic (exact) mass is 301 g/mol. The SMILES string of the molecule is CSc1cccc(NC(=O)Cc2ccccc2C(=O)O)c1. The minimum absolute atomic E-state index is 0.0337. The molecule has 2 aromatic rings. The molecule has 108 valence electrons. The first-order valence-corrected chi connectivity index (χ1v) is 7.57. The number of carbonyl (C=O) groups is 2. The molecule has 0 aliphatic rings.